The Labute approximate surface area is 115 Å². The van der Waals surface area contributed by atoms with Gasteiger partial charge in [-0.25, -0.2) is 0 Å². The number of hydrogen-bond acceptors (Lipinski definition) is 4. The molecule has 0 N–H and O–H groups in total. The van der Waals surface area contributed by atoms with Crippen molar-refractivity contribution < 1.29 is 4.52 Å². The van der Waals surface area contributed by atoms with E-state index in [2.05, 4.69) is 23.1 Å². The van der Waals surface area contributed by atoms with Crippen LogP contribution in [0.15, 0.2) is 4.52 Å². The molecule has 0 aliphatic heterocycles. The zero-order valence-corrected chi connectivity index (χ0v) is 11.8. The summed E-state index contributed by atoms with van der Waals surface area (Å²) in [5, 5.41) is 12.6. The number of nitriles is 1. The second kappa shape index (κ2) is 7.28. The number of aromatic nitrogens is 2. The fourth-order valence-electron chi connectivity index (χ4n) is 2.97. The van der Waals surface area contributed by atoms with E-state index in [9.17, 15) is 0 Å². The SMILES string of the molecule is CCCC1CCC(c2noc(CCCC#N)n2)CC1. The van der Waals surface area contributed by atoms with E-state index in [1.54, 1.807) is 0 Å². The van der Waals surface area contributed by atoms with Crippen LogP contribution in [0.25, 0.3) is 0 Å². The van der Waals surface area contributed by atoms with E-state index in [4.69, 9.17) is 9.78 Å². The lowest BCUT2D eigenvalue weighted by atomic mass is 9.80. The van der Waals surface area contributed by atoms with Gasteiger partial charge >= 0.3 is 0 Å². The van der Waals surface area contributed by atoms with Crippen LogP contribution in [0.3, 0.4) is 0 Å². The van der Waals surface area contributed by atoms with Crippen LogP contribution in [0.2, 0.25) is 0 Å². The van der Waals surface area contributed by atoms with Gasteiger partial charge in [0.2, 0.25) is 5.89 Å². The molecule has 104 valence electrons. The highest BCUT2D eigenvalue weighted by Crippen LogP contribution is 2.36. The van der Waals surface area contributed by atoms with Crippen LogP contribution < -0.4 is 0 Å². The number of rotatable bonds is 6. The Hall–Kier alpha value is -1.37. The van der Waals surface area contributed by atoms with E-state index in [1.165, 1.54) is 38.5 Å². The fraction of sp³-hybridized carbons (Fsp3) is 0.800. The zero-order chi connectivity index (χ0) is 13.5. The maximum atomic E-state index is 8.51. The van der Waals surface area contributed by atoms with Crippen molar-refractivity contribution in [3.8, 4) is 6.07 Å². The molecule has 19 heavy (non-hydrogen) atoms. The van der Waals surface area contributed by atoms with E-state index >= 15 is 0 Å². The van der Waals surface area contributed by atoms with Gasteiger partial charge in [0.1, 0.15) is 0 Å². The topological polar surface area (TPSA) is 62.7 Å². The molecule has 0 atom stereocenters. The first kappa shape index (κ1) is 14.0. The average Bonchev–Trinajstić information content (AvgIpc) is 2.89. The van der Waals surface area contributed by atoms with Crippen molar-refractivity contribution in [1.82, 2.24) is 10.1 Å². The van der Waals surface area contributed by atoms with Gasteiger partial charge < -0.3 is 4.52 Å². The first-order valence-electron chi connectivity index (χ1n) is 7.53. The average molecular weight is 261 g/mol. The molecular formula is C15H23N3O. The molecule has 1 aliphatic carbocycles. The summed E-state index contributed by atoms with van der Waals surface area (Å²) < 4.78 is 5.27. The predicted octanol–water partition coefficient (Wildman–Crippen LogP) is 3.99. The molecule has 2 rings (SSSR count). The van der Waals surface area contributed by atoms with Gasteiger partial charge in [0.15, 0.2) is 5.82 Å². The Morgan fingerprint density at radius 1 is 1.32 bits per heavy atom. The van der Waals surface area contributed by atoms with Crippen molar-refractivity contribution >= 4 is 0 Å². The van der Waals surface area contributed by atoms with Crippen molar-refractivity contribution in [2.45, 2.75) is 70.6 Å². The number of hydrogen-bond donors (Lipinski definition) is 0. The van der Waals surface area contributed by atoms with E-state index in [-0.39, 0.29) is 0 Å². The van der Waals surface area contributed by atoms with Crippen molar-refractivity contribution in [2.75, 3.05) is 0 Å². The van der Waals surface area contributed by atoms with Crippen LogP contribution in [0.4, 0.5) is 0 Å². The molecule has 1 aliphatic rings. The third-order valence-electron chi connectivity index (χ3n) is 4.07. The molecule has 0 radical (unpaired) electrons. The highest BCUT2D eigenvalue weighted by atomic mass is 16.5. The second-order valence-electron chi connectivity index (χ2n) is 5.56. The molecule has 0 aromatic carbocycles. The van der Waals surface area contributed by atoms with E-state index in [0.29, 0.717) is 18.2 Å². The van der Waals surface area contributed by atoms with Crippen molar-refractivity contribution in [1.29, 1.82) is 5.26 Å². The molecule has 0 spiro atoms. The Morgan fingerprint density at radius 2 is 2.11 bits per heavy atom. The summed E-state index contributed by atoms with van der Waals surface area (Å²) in [4.78, 5) is 4.49. The molecule has 1 aromatic rings. The van der Waals surface area contributed by atoms with E-state index in [1.807, 2.05) is 0 Å². The van der Waals surface area contributed by atoms with Crippen LogP contribution in [-0.2, 0) is 6.42 Å². The van der Waals surface area contributed by atoms with Gasteiger partial charge in [-0.1, -0.05) is 24.9 Å². The van der Waals surface area contributed by atoms with Crippen molar-refractivity contribution in [2.24, 2.45) is 5.92 Å². The Bertz CT molecular complexity index is 413. The maximum Gasteiger partial charge on any atom is 0.226 e. The smallest absolute Gasteiger partial charge is 0.226 e. The molecule has 1 heterocycles. The summed E-state index contributed by atoms with van der Waals surface area (Å²) in [6.07, 6.45) is 9.74. The van der Waals surface area contributed by atoms with Crippen molar-refractivity contribution in [3.63, 3.8) is 0 Å². The monoisotopic (exact) mass is 261 g/mol. The van der Waals surface area contributed by atoms with E-state index < -0.39 is 0 Å². The molecule has 0 amide bonds. The minimum absolute atomic E-state index is 0.488. The lowest BCUT2D eigenvalue weighted by molar-refractivity contribution is 0.294. The minimum atomic E-state index is 0.488. The minimum Gasteiger partial charge on any atom is -0.339 e. The molecule has 4 nitrogen and oxygen atoms in total. The largest absolute Gasteiger partial charge is 0.339 e. The number of nitrogens with zero attached hydrogens (tertiary/aromatic N) is 3. The molecule has 0 unspecified atom stereocenters. The molecule has 1 saturated carbocycles. The standard InChI is InChI=1S/C15H23N3O/c1-2-5-12-7-9-13(10-8-12)15-17-14(19-18-15)6-3-4-11-16/h12-13H,2-10H2,1H3. The van der Waals surface area contributed by atoms with Gasteiger partial charge in [-0.05, 0) is 38.0 Å². The molecular weight excluding hydrogens is 238 g/mol. The highest BCUT2D eigenvalue weighted by Gasteiger charge is 2.25. The summed E-state index contributed by atoms with van der Waals surface area (Å²) in [7, 11) is 0. The van der Waals surface area contributed by atoms with Gasteiger partial charge in [-0.15, -0.1) is 0 Å². The van der Waals surface area contributed by atoms with E-state index in [0.717, 1.165) is 24.6 Å². The first-order chi connectivity index (χ1) is 9.33. The summed E-state index contributed by atoms with van der Waals surface area (Å²) >= 11 is 0. The number of unbranched alkanes of at least 4 members (excludes halogenated alkanes) is 1. The van der Waals surface area contributed by atoms with Crippen LogP contribution in [0.5, 0.6) is 0 Å². The summed E-state index contributed by atoms with van der Waals surface area (Å²) in [6.45, 7) is 2.26. The Morgan fingerprint density at radius 3 is 2.79 bits per heavy atom. The molecule has 4 heteroatoms. The quantitative estimate of drug-likeness (QED) is 0.726. The first-order valence-corrected chi connectivity index (χ1v) is 7.53. The fourth-order valence-corrected chi connectivity index (χ4v) is 2.97. The zero-order valence-electron chi connectivity index (χ0n) is 11.8. The Kier molecular flexibility index (Phi) is 5.38. The Balaban J connectivity index is 1.81. The highest BCUT2D eigenvalue weighted by molar-refractivity contribution is 4.98. The van der Waals surface area contributed by atoms with Gasteiger partial charge in [0.25, 0.3) is 0 Å². The summed E-state index contributed by atoms with van der Waals surface area (Å²) in [5.41, 5.74) is 0. The second-order valence-corrected chi connectivity index (χ2v) is 5.56. The van der Waals surface area contributed by atoms with Gasteiger partial charge in [0.05, 0.1) is 6.07 Å². The third kappa shape index (κ3) is 4.05. The molecule has 1 aromatic heterocycles. The van der Waals surface area contributed by atoms with Gasteiger partial charge in [-0.3, -0.25) is 0 Å². The number of aryl methyl sites for hydroxylation is 1. The lowest BCUT2D eigenvalue weighted by Crippen LogP contribution is -2.14. The lowest BCUT2D eigenvalue weighted by Gasteiger charge is -2.26. The van der Waals surface area contributed by atoms with Gasteiger partial charge in [0, 0.05) is 18.8 Å². The maximum absolute atomic E-state index is 8.51. The van der Waals surface area contributed by atoms with Crippen molar-refractivity contribution in [3.05, 3.63) is 11.7 Å². The van der Waals surface area contributed by atoms with Crippen LogP contribution in [0.1, 0.15) is 75.9 Å². The normalized spacial score (nSPS) is 23.2. The van der Waals surface area contributed by atoms with Crippen LogP contribution >= 0.6 is 0 Å². The van der Waals surface area contributed by atoms with Gasteiger partial charge in [-0.2, -0.15) is 10.2 Å². The molecule has 0 bridgehead atoms. The molecule has 1 fully saturated rings. The third-order valence-corrected chi connectivity index (χ3v) is 4.07. The van der Waals surface area contributed by atoms with Crippen LogP contribution in [-0.4, -0.2) is 10.1 Å². The molecule has 0 saturated heterocycles. The summed E-state index contributed by atoms with van der Waals surface area (Å²) in [6, 6.07) is 2.14. The summed E-state index contributed by atoms with van der Waals surface area (Å²) in [5.74, 6) is 2.98. The predicted molar refractivity (Wildman–Crippen MR) is 72.5 cm³/mol. The van der Waals surface area contributed by atoms with Crippen LogP contribution in [0, 0.1) is 17.2 Å².